The third-order valence-electron chi connectivity index (χ3n) is 3.56. The standard InChI is InChI=1S/C11H20N2OS/c1-4-9-12-8(2)10(14)13(9)7-11(15-3)5-6-11/h8-9,12H,4-7H2,1-3H3. The van der Waals surface area contributed by atoms with Gasteiger partial charge in [0.1, 0.15) is 0 Å². The van der Waals surface area contributed by atoms with Gasteiger partial charge in [-0.25, -0.2) is 0 Å². The summed E-state index contributed by atoms with van der Waals surface area (Å²) in [6, 6.07) is 0.00704. The second-order valence-corrected chi connectivity index (χ2v) is 5.94. The minimum atomic E-state index is 0.00704. The van der Waals surface area contributed by atoms with E-state index in [1.807, 2.05) is 23.6 Å². The van der Waals surface area contributed by atoms with Crippen molar-refractivity contribution >= 4 is 17.7 Å². The molecule has 0 radical (unpaired) electrons. The van der Waals surface area contributed by atoms with Crippen LogP contribution in [-0.4, -0.2) is 40.6 Å². The summed E-state index contributed by atoms with van der Waals surface area (Å²) < 4.78 is 0.384. The van der Waals surface area contributed by atoms with Gasteiger partial charge in [0, 0.05) is 11.3 Å². The Labute approximate surface area is 96.0 Å². The van der Waals surface area contributed by atoms with Crippen LogP contribution in [0.25, 0.3) is 0 Å². The Balaban J connectivity index is 2.03. The van der Waals surface area contributed by atoms with Crippen LogP contribution in [0.4, 0.5) is 0 Å². The molecule has 0 aromatic rings. The average Bonchev–Trinajstić information content (AvgIpc) is 2.97. The summed E-state index contributed by atoms with van der Waals surface area (Å²) in [4.78, 5) is 14.0. The van der Waals surface area contributed by atoms with Crippen molar-refractivity contribution in [1.82, 2.24) is 10.2 Å². The summed E-state index contributed by atoms with van der Waals surface area (Å²) in [5.74, 6) is 0.280. The largest absolute Gasteiger partial charge is 0.324 e. The van der Waals surface area contributed by atoms with E-state index in [-0.39, 0.29) is 18.1 Å². The van der Waals surface area contributed by atoms with Crippen molar-refractivity contribution in [2.75, 3.05) is 12.8 Å². The monoisotopic (exact) mass is 228 g/mol. The van der Waals surface area contributed by atoms with Gasteiger partial charge in [0.25, 0.3) is 0 Å². The van der Waals surface area contributed by atoms with Gasteiger partial charge >= 0.3 is 0 Å². The number of carbonyl (C=O) groups is 1. The number of rotatable bonds is 4. The van der Waals surface area contributed by atoms with Crippen LogP contribution < -0.4 is 5.32 Å². The summed E-state index contributed by atoms with van der Waals surface area (Å²) >= 11 is 1.92. The zero-order valence-corrected chi connectivity index (χ0v) is 10.6. The quantitative estimate of drug-likeness (QED) is 0.790. The number of amides is 1. The lowest BCUT2D eigenvalue weighted by Crippen LogP contribution is -2.41. The summed E-state index contributed by atoms with van der Waals surface area (Å²) in [5.41, 5.74) is 0. The molecule has 1 aliphatic heterocycles. The maximum absolute atomic E-state index is 12.0. The van der Waals surface area contributed by atoms with Gasteiger partial charge in [-0.3, -0.25) is 10.1 Å². The Bertz CT molecular complexity index is 265. The molecule has 2 aliphatic rings. The van der Waals surface area contributed by atoms with E-state index in [1.54, 1.807) is 0 Å². The SMILES string of the molecule is CCC1NC(C)C(=O)N1CC1(SC)CC1. The predicted octanol–water partition coefficient (Wildman–Crippen LogP) is 1.44. The number of carbonyl (C=O) groups excluding carboxylic acids is 1. The van der Waals surface area contributed by atoms with Gasteiger partial charge in [-0.15, -0.1) is 0 Å². The van der Waals surface area contributed by atoms with Crippen LogP contribution in [0.1, 0.15) is 33.1 Å². The molecule has 1 amide bonds. The van der Waals surface area contributed by atoms with Crippen molar-refractivity contribution in [1.29, 1.82) is 0 Å². The molecule has 2 atom stereocenters. The second-order valence-electron chi connectivity index (χ2n) is 4.67. The maximum Gasteiger partial charge on any atom is 0.240 e. The first kappa shape index (κ1) is 11.3. The molecular formula is C11H20N2OS. The molecule has 15 heavy (non-hydrogen) atoms. The summed E-state index contributed by atoms with van der Waals surface area (Å²) in [5, 5.41) is 3.34. The Morgan fingerprint density at radius 2 is 2.27 bits per heavy atom. The van der Waals surface area contributed by atoms with E-state index >= 15 is 0 Å². The Kier molecular flexibility index (Phi) is 2.99. The van der Waals surface area contributed by atoms with Gasteiger partial charge in [0.15, 0.2) is 0 Å². The highest BCUT2D eigenvalue weighted by Crippen LogP contribution is 2.48. The highest BCUT2D eigenvalue weighted by Gasteiger charge is 2.47. The van der Waals surface area contributed by atoms with Gasteiger partial charge in [-0.05, 0) is 32.4 Å². The highest BCUT2D eigenvalue weighted by atomic mass is 32.2. The van der Waals surface area contributed by atoms with Crippen molar-refractivity contribution in [2.24, 2.45) is 0 Å². The van der Waals surface area contributed by atoms with Crippen LogP contribution in [0.3, 0.4) is 0 Å². The first-order chi connectivity index (χ1) is 7.12. The molecule has 86 valence electrons. The van der Waals surface area contributed by atoms with Crippen LogP contribution in [0, 0.1) is 0 Å². The molecule has 0 aromatic heterocycles. The maximum atomic E-state index is 12.0. The third-order valence-corrected chi connectivity index (χ3v) is 4.96. The van der Waals surface area contributed by atoms with Crippen molar-refractivity contribution in [3.63, 3.8) is 0 Å². The van der Waals surface area contributed by atoms with E-state index in [0.717, 1.165) is 13.0 Å². The summed E-state index contributed by atoms with van der Waals surface area (Å²) in [7, 11) is 0. The van der Waals surface area contributed by atoms with Crippen LogP contribution in [0.2, 0.25) is 0 Å². The van der Waals surface area contributed by atoms with E-state index in [2.05, 4.69) is 18.5 Å². The van der Waals surface area contributed by atoms with Crippen molar-refractivity contribution in [3.05, 3.63) is 0 Å². The highest BCUT2D eigenvalue weighted by molar-refractivity contribution is 8.00. The molecule has 1 heterocycles. The molecule has 1 saturated carbocycles. The van der Waals surface area contributed by atoms with E-state index in [0.29, 0.717) is 4.75 Å². The van der Waals surface area contributed by atoms with Crippen LogP contribution in [0.5, 0.6) is 0 Å². The predicted molar refractivity (Wildman–Crippen MR) is 63.9 cm³/mol. The minimum Gasteiger partial charge on any atom is -0.324 e. The van der Waals surface area contributed by atoms with Crippen molar-refractivity contribution in [2.45, 2.75) is 50.1 Å². The zero-order valence-electron chi connectivity index (χ0n) is 9.75. The van der Waals surface area contributed by atoms with Crippen LogP contribution >= 0.6 is 11.8 Å². The molecule has 0 spiro atoms. The Morgan fingerprint density at radius 3 is 2.73 bits per heavy atom. The third kappa shape index (κ3) is 2.02. The first-order valence-electron chi connectivity index (χ1n) is 5.73. The fourth-order valence-electron chi connectivity index (χ4n) is 2.26. The molecule has 0 aromatic carbocycles. The lowest BCUT2D eigenvalue weighted by molar-refractivity contribution is -0.129. The van der Waals surface area contributed by atoms with E-state index < -0.39 is 0 Å². The van der Waals surface area contributed by atoms with Crippen LogP contribution in [0.15, 0.2) is 0 Å². The molecule has 2 unspecified atom stereocenters. The Morgan fingerprint density at radius 1 is 1.60 bits per heavy atom. The number of nitrogens with one attached hydrogen (secondary N) is 1. The van der Waals surface area contributed by atoms with Gasteiger partial charge in [0.05, 0.1) is 12.2 Å². The van der Waals surface area contributed by atoms with Gasteiger partial charge in [-0.1, -0.05) is 6.92 Å². The van der Waals surface area contributed by atoms with Crippen LogP contribution in [-0.2, 0) is 4.79 Å². The average molecular weight is 228 g/mol. The number of thioether (sulfide) groups is 1. The molecule has 1 saturated heterocycles. The number of hydrogen-bond acceptors (Lipinski definition) is 3. The van der Waals surface area contributed by atoms with Gasteiger partial charge < -0.3 is 4.90 Å². The molecule has 2 fully saturated rings. The summed E-state index contributed by atoms with van der Waals surface area (Å²) in [6.07, 6.45) is 5.95. The zero-order chi connectivity index (χ0) is 11.1. The normalized spacial score (nSPS) is 33.5. The summed E-state index contributed by atoms with van der Waals surface area (Å²) in [6.45, 7) is 5.03. The smallest absolute Gasteiger partial charge is 0.240 e. The molecular weight excluding hydrogens is 208 g/mol. The first-order valence-corrected chi connectivity index (χ1v) is 6.96. The fraction of sp³-hybridized carbons (Fsp3) is 0.909. The topological polar surface area (TPSA) is 32.3 Å². The molecule has 2 rings (SSSR count). The van der Waals surface area contributed by atoms with Gasteiger partial charge in [0.2, 0.25) is 5.91 Å². The molecule has 0 bridgehead atoms. The van der Waals surface area contributed by atoms with E-state index in [1.165, 1.54) is 12.8 Å². The number of hydrogen-bond donors (Lipinski definition) is 1. The van der Waals surface area contributed by atoms with Gasteiger partial charge in [-0.2, -0.15) is 11.8 Å². The molecule has 1 N–H and O–H groups in total. The minimum absolute atomic E-state index is 0.00704. The van der Waals surface area contributed by atoms with Crippen molar-refractivity contribution < 1.29 is 4.79 Å². The van der Waals surface area contributed by atoms with E-state index in [9.17, 15) is 4.79 Å². The lowest BCUT2D eigenvalue weighted by Gasteiger charge is -2.27. The second kappa shape index (κ2) is 3.98. The molecule has 4 heteroatoms. The van der Waals surface area contributed by atoms with E-state index in [4.69, 9.17) is 0 Å². The van der Waals surface area contributed by atoms with Crippen molar-refractivity contribution in [3.8, 4) is 0 Å². The molecule has 1 aliphatic carbocycles. The number of nitrogens with zero attached hydrogens (tertiary/aromatic N) is 1. The fourth-order valence-corrected chi connectivity index (χ4v) is 3.03. The molecule has 3 nitrogen and oxygen atoms in total. The Hall–Kier alpha value is -0.220. The lowest BCUT2D eigenvalue weighted by atomic mass is 10.3.